The first-order valence-electron chi connectivity index (χ1n) is 6.56. The molecule has 2 aromatic rings. The summed E-state index contributed by atoms with van der Waals surface area (Å²) >= 11 is 12.1. The molecular weight excluding hydrogens is 291 g/mol. The first kappa shape index (κ1) is 15.0. The van der Waals surface area contributed by atoms with Gasteiger partial charge in [-0.15, -0.1) is 0 Å². The molecule has 0 spiro atoms. The Balaban J connectivity index is 1.86. The van der Waals surface area contributed by atoms with Crippen LogP contribution < -0.4 is 10.6 Å². The highest BCUT2D eigenvalue weighted by atomic mass is 35.5. The predicted molar refractivity (Wildman–Crippen MR) is 89.4 cm³/mol. The number of nitrogens with one attached hydrogen (secondary N) is 2. The van der Waals surface area contributed by atoms with Crippen molar-refractivity contribution in [1.29, 1.82) is 0 Å². The Morgan fingerprint density at radius 3 is 2.25 bits per heavy atom. The average molecular weight is 309 g/mol. The standard InChI is InChI=1S/C16H18Cl2N2/c1-11-8-12(2)10-13(9-11)19-6-7-20-15-5-3-4-14(17)16(15)18/h3-5,8-10,19-20H,6-7H2,1-2H3. The zero-order chi connectivity index (χ0) is 14.5. The van der Waals surface area contributed by atoms with E-state index in [9.17, 15) is 0 Å². The maximum Gasteiger partial charge on any atom is 0.0823 e. The molecule has 0 aliphatic rings. The van der Waals surface area contributed by atoms with Crippen molar-refractivity contribution in [2.45, 2.75) is 13.8 Å². The Hall–Kier alpha value is -1.38. The largest absolute Gasteiger partial charge is 0.383 e. The highest BCUT2D eigenvalue weighted by Crippen LogP contribution is 2.29. The number of anilines is 2. The second kappa shape index (κ2) is 6.87. The van der Waals surface area contributed by atoms with Crippen LogP contribution in [-0.4, -0.2) is 13.1 Å². The number of aryl methyl sites for hydroxylation is 2. The van der Waals surface area contributed by atoms with Gasteiger partial charge in [0.25, 0.3) is 0 Å². The van der Waals surface area contributed by atoms with Gasteiger partial charge < -0.3 is 10.6 Å². The highest BCUT2D eigenvalue weighted by molar-refractivity contribution is 6.43. The molecule has 2 N–H and O–H groups in total. The molecule has 2 rings (SSSR count). The van der Waals surface area contributed by atoms with Gasteiger partial charge in [-0.25, -0.2) is 0 Å². The van der Waals surface area contributed by atoms with Gasteiger partial charge in [0.1, 0.15) is 0 Å². The molecular formula is C16H18Cl2N2. The van der Waals surface area contributed by atoms with Gasteiger partial charge in [-0.2, -0.15) is 0 Å². The molecule has 106 valence electrons. The zero-order valence-electron chi connectivity index (χ0n) is 11.6. The maximum atomic E-state index is 6.12. The number of halogens is 2. The van der Waals surface area contributed by atoms with E-state index in [2.05, 4.69) is 42.7 Å². The number of hydrogen-bond acceptors (Lipinski definition) is 2. The monoisotopic (exact) mass is 308 g/mol. The van der Waals surface area contributed by atoms with Crippen LogP contribution in [0.4, 0.5) is 11.4 Å². The molecule has 2 nitrogen and oxygen atoms in total. The van der Waals surface area contributed by atoms with E-state index in [4.69, 9.17) is 23.2 Å². The van der Waals surface area contributed by atoms with Gasteiger partial charge in [0.05, 0.1) is 15.7 Å². The van der Waals surface area contributed by atoms with E-state index < -0.39 is 0 Å². The van der Waals surface area contributed by atoms with Gasteiger partial charge in [-0.1, -0.05) is 35.3 Å². The molecule has 2 aromatic carbocycles. The smallest absolute Gasteiger partial charge is 0.0823 e. The number of benzene rings is 2. The third-order valence-corrected chi connectivity index (χ3v) is 3.76. The topological polar surface area (TPSA) is 24.1 Å². The van der Waals surface area contributed by atoms with E-state index in [-0.39, 0.29) is 0 Å². The van der Waals surface area contributed by atoms with Crippen LogP contribution in [0.15, 0.2) is 36.4 Å². The Kier molecular flexibility index (Phi) is 5.16. The van der Waals surface area contributed by atoms with Crippen molar-refractivity contribution >= 4 is 34.6 Å². The molecule has 0 fully saturated rings. The highest BCUT2D eigenvalue weighted by Gasteiger charge is 2.03. The zero-order valence-corrected chi connectivity index (χ0v) is 13.1. The number of hydrogen-bond donors (Lipinski definition) is 2. The van der Waals surface area contributed by atoms with Crippen LogP contribution in [0.25, 0.3) is 0 Å². The van der Waals surface area contributed by atoms with E-state index in [0.29, 0.717) is 10.0 Å². The molecule has 20 heavy (non-hydrogen) atoms. The lowest BCUT2D eigenvalue weighted by atomic mass is 10.1. The van der Waals surface area contributed by atoms with Crippen molar-refractivity contribution in [1.82, 2.24) is 0 Å². The van der Waals surface area contributed by atoms with Crippen molar-refractivity contribution in [2.75, 3.05) is 23.7 Å². The molecule has 0 bridgehead atoms. The Bertz CT molecular complexity index is 577. The minimum absolute atomic E-state index is 0.568. The predicted octanol–water partition coefficient (Wildman–Crippen LogP) is 5.13. The Morgan fingerprint density at radius 1 is 0.900 bits per heavy atom. The van der Waals surface area contributed by atoms with Gasteiger partial charge in [-0.05, 0) is 49.2 Å². The summed E-state index contributed by atoms with van der Waals surface area (Å²) < 4.78 is 0. The van der Waals surface area contributed by atoms with Crippen LogP contribution >= 0.6 is 23.2 Å². The molecule has 0 unspecified atom stereocenters. The van der Waals surface area contributed by atoms with Crippen molar-refractivity contribution in [2.24, 2.45) is 0 Å². The van der Waals surface area contributed by atoms with E-state index in [1.807, 2.05) is 12.1 Å². The van der Waals surface area contributed by atoms with Crippen LogP contribution in [0.1, 0.15) is 11.1 Å². The lowest BCUT2D eigenvalue weighted by molar-refractivity contribution is 1.08. The summed E-state index contributed by atoms with van der Waals surface area (Å²) in [4.78, 5) is 0. The number of rotatable bonds is 5. The molecule has 4 heteroatoms. The molecule has 0 aliphatic heterocycles. The van der Waals surface area contributed by atoms with E-state index in [0.717, 1.165) is 24.5 Å². The molecule has 0 saturated carbocycles. The summed E-state index contributed by atoms with van der Waals surface area (Å²) in [5, 5.41) is 7.80. The second-order valence-corrected chi connectivity index (χ2v) is 5.62. The first-order chi connectivity index (χ1) is 9.56. The summed E-state index contributed by atoms with van der Waals surface area (Å²) in [5.41, 5.74) is 4.53. The van der Waals surface area contributed by atoms with Gasteiger partial charge >= 0.3 is 0 Å². The third-order valence-electron chi connectivity index (χ3n) is 2.94. The second-order valence-electron chi connectivity index (χ2n) is 4.83. The summed E-state index contributed by atoms with van der Waals surface area (Å²) in [6.07, 6.45) is 0. The quantitative estimate of drug-likeness (QED) is 0.748. The molecule has 0 amide bonds. The van der Waals surface area contributed by atoms with Gasteiger partial charge in [0.15, 0.2) is 0 Å². The molecule has 0 saturated heterocycles. The fourth-order valence-electron chi connectivity index (χ4n) is 2.12. The average Bonchev–Trinajstić information content (AvgIpc) is 2.38. The summed E-state index contributed by atoms with van der Waals surface area (Å²) in [5.74, 6) is 0. The van der Waals surface area contributed by atoms with Crippen LogP contribution in [-0.2, 0) is 0 Å². The Morgan fingerprint density at radius 2 is 1.55 bits per heavy atom. The van der Waals surface area contributed by atoms with Crippen LogP contribution in [0.3, 0.4) is 0 Å². The van der Waals surface area contributed by atoms with Gasteiger partial charge in [0.2, 0.25) is 0 Å². The summed E-state index contributed by atoms with van der Waals surface area (Å²) in [6, 6.07) is 12.0. The van der Waals surface area contributed by atoms with E-state index in [1.54, 1.807) is 6.07 Å². The van der Waals surface area contributed by atoms with Crippen molar-refractivity contribution in [3.8, 4) is 0 Å². The van der Waals surface area contributed by atoms with Crippen LogP contribution in [0.5, 0.6) is 0 Å². The van der Waals surface area contributed by atoms with Crippen molar-refractivity contribution in [3.63, 3.8) is 0 Å². The molecule has 0 atom stereocenters. The third kappa shape index (κ3) is 4.06. The minimum Gasteiger partial charge on any atom is -0.383 e. The van der Waals surface area contributed by atoms with E-state index >= 15 is 0 Å². The molecule has 0 heterocycles. The summed E-state index contributed by atoms with van der Waals surface area (Å²) in [6.45, 7) is 5.78. The minimum atomic E-state index is 0.568. The molecule has 0 aromatic heterocycles. The van der Waals surface area contributed by atoms with Gasteiger partial charge in [0, 0.05) is 18.8 Å². The molecule has 0 aliphatic carbocycles. The first-order valence-corrected chi connectivity index (χ1v) is 7.32. The Labute approximate surface area is 130 Å². The normalized spacial score (nSPS) is 10.4. The van der Waals surface area contributed by atoms with Crippen molar-refractivity contribution < 1.29 is 0 Å². The lowest BCUT2D eigenvalue weighted by Crippen LogP contribution is -2.14. The fourth-order valence-corrected chi connectivity index (χ4v) is 2.49. The maximum absolute atomic E-state index is 6.12. The van der Waals surface area contributed by atoms with Gasteiger partial charge in [-0.3, -0.25) is 0 Å². The lowest BCUT2D eigenvalue weighted by Gasteiger charge is -2.11. The van der Waals surface area contributed by atoms with Crippen LogP contribution in [0, 0.1) is 13.8 Å². The fraction of sp³-hybridized carbons (Fsp3) is 0.250. The summed E-state index contributed by atoms with van der Waals surface area (Å²) in [7, 11) is 0. The SMILES string of the molecule is Cc1cc(C)cc(NCCNc2cccc(Cl)c2Cl)c1. The molecule has 0 radical (unpaired) electrons. The van der Waals surface area contributed by atoms with Crippen molar-refractivity contribution in [3.05, 3.63) is 57.6 Å². The van der Waals surface area contributed by atoms with Crippen LogP contribution in [0.2, 0.25) is 10.0 Å². The van der Waals surface area contributed by atoms with E-state index in [1.165, 1.54) is 11.1 Å².